The number of nitrogens with zero attached hydrogens (tertiary/aromatic N) is 4. The van der Waals surface area contributed by atoms with Gasteiger partial charge in [0, 0.05) is 64.8 Å². The fraction of sp³-hybridized carbons (Fsp3) is 0.245. The molecular formula is C49H46N8O2. The molecule has 4 aliphatic rings. The third-order valence-electron chi connectivity index (χ3n) is 12.8. The predicted molar refractivity (Wildman–Crippen MR) is 231 cm³/mol. The smallest absolute Gasteiger partial charge is 0.343 e. The number of rotatable bonds is 6. The van der Waals surface area contributed by atoms with E-state index in [1.165, 1.54) is 24.0 Å². The van der Waals surface area contributed by atoms with E-state index in [-0.39, 0.29) is 22.7 Å². The van der Waals surface area contributed by atoms with Gasteiger partial charge < -0.3 is 16.8 Å². The molecule has 7 aromatic rings. The summed E-state index contributed by atoms with van der Waals surface area (Å²) in [4.78, 5) is 34.5. The van der Waals surface area contributed by atoms with Crippen LogP contribution in [0.15, 0.2) is 126 Å². The van der Waals surface area contributed by atoms with Gasteiger partial charge in [-0.15, -0.1) is 0 Å². The van der Waals surface area contributed by atoms with Crippen LogP contribution in [0.3, 0.4) is 0 Å². The molecule has 2 aliphatic heterocycles. The van der Waals surface area contributed by atoms with Gasteiger partial charge in [-0.25, -0.2) is 9.89 Å². The highest BCUT2D eigenvalue weighted by atomic mass is 16.2. The van der Waals surface area contributed by atoms with Gasteiger partial charge >= 0.3 is 5.69 Å². The Balaban J connectivity index is 0.000000143. The summed E-state index contributed by atoms with van der Waals surface area (Å²) >= 11 is 0. The number of benzene rings is 4. The van der Waals surface area contributed by atoms with Crippen molar-refractivity contribution in [3.05, 3.63) is 160 Å². The number of aryl methyl sites for hydroxylation is 1. The monoisotopic (exact) mass is 778 g/mol. The van der Waals surface area contributed by atoms with Crippen molar-refractivity contribution >= 4 is 5.91 Å². The Kier molecular flexibility index (Phi) is 9.18. The summed E-state index contributed by atoms with van der Waals surface area (Å²) in [5, 5.41) is 9.76. The zero-order valence-electron chi connectivity index (χ0n) is 32.9. The highest BCUT2D eigenvalue weighted by molar-refractivity contribution is 5.99. The second-order valence-electron chi connectivity index (χ2n) is 16.4. The van der Waals surface area contributed by atoms with Crippen LogP contribution in [0.1, 0.15) is 71.4 Å². The van der Waals surface area contributed by atoms with Crippen LogP contribution in [0, 0.1) is 0 Å². The van der Waals surface area contributed by atoms with Gasteiger partial charge in [-0.1, -0.05) is 109 Å². The quantitative estimate of drug-likeness (QED) is 0.134. The van der Waals surface area contributed by atoms with E-state index in [0.717, 1.165) is 93.8 Å². The number of nitrogens with two attached hydrogens (primary N) is 2. The molecule has 2 saturated carbocycles. The zero-order valence-corrected chi connectivity index (χ0v) is 32.9. The maximum atomic E-state index is 12.3. The van der Waals surface area contributed by atoms with Crippen LogP contribution >= 0.6 is 0 Å². The minimum Gasteiger partial charge on any atom is -0.352 e. The summed E-state index contributed by atoms with van der Waals surface area (Å²) in [5.74, 6) is 0.621. The van der Waals surface area contributed by atoms with Crippen LogP contribution < -0.4 is 22.5 Å². The van der Waals surface area contributed by atoms with Gasteiger partial charge in [0.05, 0.1) is 28.3 Å². The summed E-state index contributed by atoms with van der Waals surface area (Å²) in [6.45, 7) is 1.22. The molecule has 4 aromatic carbocycles. The van der Waals surface area contributed by atoms with Gasteiger partial charge in [0.25, 0.3) is 5.91 Å². The summed E-state index contributed by atoms with van der Waals surface area (Å²) in [5.41, 5.74) is 26.5. The molecule has 0 radical (unpaired) electrons. The van der Waals surface area contributed by atoms with E-state index < -0.39 is 0 Å². The van der Waals surface area contributed by atoms with Crippen LogP contribution in [0.2, 0.25) is 0 Å². The molecule has 2 aliphatic carbocycles. The Morgan fingerprint density at radius 1 is 0.559 bits per heavy atom. The van der Waals surface area contributed by atoms with Gasteiger partial charge in [-0.2, -0.15) is 5.10 Å². The molecule has 5 heterocycles. The maximum absolute atomic E-state index is 12.3. The molecule has 10 nitrogen and oxygen atoms in total. The minimum absolute atomic E-state index is 0.0390. The van der Waals surface area contributed by atoms with Crippen molar-refractivity contribution < 1.29 is 4.79 Å². The average molecular weight is 779 g/mol. The van der Waals surface area contributed by atoms with E-state index in [4.69, 9.17) is 21.4 Å². The normalized spacial score (nSPS) is 16.8. The number of H-pyrrole nitrogens is 1. The van der Waals surface area contributed by atoms with Crippen LogP contribution in [-0.2, 0) is 30.5 Å². The highest BCUT2D eigenvalue weighted by Gasteiger charge is 2.35. The zero-order chi connectivity index (χ0) is 40.1. The topological polar surface area (TPSA) is 158 Å². The molecule has 0 unspecified atom stereocenters. The lowest BCUT2D eigenvalue weighted by Gasteiger charge is -2.38. The first-order valence-electron chi connectivity index (χ1n) is 20.7. The summed E-state index contributed by atoms with van der Waals surface area (Å²) < 4.78 is 1.69. The number of amides is 1. The van der Waals surface area contributed by atoms with Gasteiger partial charge in [-0.05, 0) is 72.9 Å². The van der Waals surface area contributed by atoms with Crippen molar-refractivity contribution in [2.75, 3.05) is 6.54 Å². The average Bonchev–Trinajstić information content (AvgIpc) is 3.65. The van der Waals surface area contributed by atoms with Crippen molar-refractivity contribution in [2.45, 2.75) is 69.0 Å². The van der Waals surface area contributed by atoms with Crippen molar-refractivity contribution in [1.29, 1.82) is 0 Å². The molecule has 59 heavy (non-hydrogen) atoms. The molecular weight excluding hydrogens is 733 g/mol. The number of carbonyl (C=O) groups is 1. The first-order valence-corrected chi connectivity index (χ1v) is 20.7. The molecule has 0 atom stereocenters. The van der Waals surface area contributed by atoms with E-state index in [9.17, 15) is 9.59 Å². The van der Waals surface area contributed by atoms with Crippen LogP contribution in [0.4, 0.5) is 0 Å². The van der Waals surface area contributed by atoms with Crippen LogP contribution in [0.5, 0.6) is 0 Å². The number of fused-ring (bicyclic) bond motifs is 4. The molecule has 0 spiro atoms. The molecule has 0 bridgehead atoms. The number of carbonyl (C=O) groups excluding carboxylic acids is 1. The lowest BCUT2D eigenvalue weighted by Crippen LogP contribution is -2.43. The Hall–Kier alpha value is -6.49. The number of hydrogen-bond acceptors (Lipinski definition) is 7. The van der Waals surface area contributed by atoms with Crippen molar-refractivity contribution in [3.63, 3.8) is 0 Å². The van der Waals surface area contributed by atoms with E-state index >= 15 is 0 Å². The number of aromatic amines is 1. The number of pyridine rings is 2. The van der Waals surface area contributed by atoms with E-state index in [0.29, 0.717) is 30.9 Å². The Morgan fingerprint density at radius 2 is 1.05 bits per heavy atom. The third-order valence-corrected chi connectivity index (χ3v) is 12.8. The molecule has 1 amide bonds. The fourth-order valence-electron chi connectivity index (χ4n) is 8.94. The lowest BCUT2D eigenvalue weighted by molar-refractivity contribution is 0.0945. The lowest BCUT2D eigenvalue weighted by atomic mass is 9.72. The molecule has 2 fully saturated rings. The SMILES string of the molecule is NC1(c2ccc(-c3nc4c(cc3-c3ccccc3)-c3n[nH]c(=O)n3CC4)cc2)CCC1.NC1(c2ccc(-c3nc4c(cc3-c3ccccc3)C(=O)NCC4)cc2)CCC1. The highest BCUT2D eigenvalue weighted by Crippen LogP contribution is 2.42. The number of hydrogen-bond donors (Lipinski definition) is 4. The molecule has 6 N–H and O–H groups in total. The minimum atomic E-state index is -0.173. The Bertz CT molecular complexity index is 2750. The Morgan fingerprint density at radius 3 is 1.54 bits per heavy atom. The molecule has 0 saturated heterocycles. The second kappa shape index (κ2) is 14.7. The first kappa shape index (κ1) is 36.8. The second-order valence-corrected chi connectivity index (χ2v) is 16.4. The van der Waals surface area contributed by atoms with Gasteiger partial charge in [0.2, 0.25) is 0 Å². The predicted octanol–water partition coefficient (Wildman–Crippen LogP) is 7.90. The molecule has 11 rings (SSSR count). The molecule has 3 aromatic heterocycles. The maximum Gasteiger partial charge on any atom is 0.343 e. The first-order chi connectivity index (χ1) is 28.8. The summed E-state index contributed by atoms with van der Waals surface area (Å²) in [7, 11) is 0. The van der Waals surface area contributed by atoms with Crippen LogP contribution in [-0.4, -0.2) is 37.2 Å². The third kappa shape index (κ3) is 6.68. The summed E-state index contributed by atoms with van der Waals surface area (Å²) in [6, 6.07) is 41.6. The van der Waals surface area contributed by atoms with Gasteiger partial charge in [-0.3, -0.25) is 19.3 Å². The Labute approximate surface area is 342 Å². The standard InChI is InChI=1S/C25H23N5O.C24H23N3O/c26-25(12-4-13-25)18-9-7-17(8-10-18)22-19(16-5-2-1-3-6-16)15-20-21(27-22)11-14-30-23(20)28-29-24(30)31;25-24(12-4-13-24)18-9-7-17(8-10-18)22-19(16-5-2-1-3-6-16)15-20-21(27-22)11-14-26-23(20)28/h1-3,5-10,15H,4,11-14,26H2,(H,29,31);1-3,5-10,15H,4,11-14,25H2,(H,26,28). The van der Waals surface area contributed by atoms with Gasteiger partial charge in [0.1, 0.15) is 0 Å². The summed E-state index contributed by atoms with van der Waals surface area (Å²) in [6.07, 6.45) is 8.04. The fourth-order valence-corrected chi connectivity index (χ4v) is 8.94. The largest absolute Gasteiger partial charge is 0.352 e. The van der Waals surface area contributed by atoms with Crippen molar-refractivity contribution in [2.24, 2.45) is 11.5 Å². The van der Waals surface area contributed by atoms with Crippen molar-refractivity contribution in [1.82, 2.24) is 30.0 Å². The molecule has 294 valence electrons. The number of aromatic nitrogens is 5. The number of nitrogens with one attached hydrogen (secondary N) is 2. The van der Waals surface area contributed by atoms with Gasteiger partial charge in [0.15, 0.2) is 5.82 Å². The van der Waals surface area contributed by atoms with Crippen LogP contribution in [0.25, 0.3) is 56.2 Å². The van der Waals surface area contributed by atoms with E-state index in [1.54, 1.807) is 4.57 Å². The van der Waals surface area contributed by atoms with Crippen molar-refractivity contribution in [3.8, 4) is 56.2 Å². The van der Waals surface area contributed by atoms with E-state index in [2.05, 4.69) is 94.4 Å². The molecule has 10 heteroatoms. The van der Waals surface area contributed by atoms with E-state index in [1.807, 2.05) is 42.5 Å².